The minimum atomic E-state index is -3.21. The highest BCUT2D eigenvalue weighted by Gasteiger charge is 2.19. The van der Waals surface area contributed by atoms with Gasteiger partial charge in [0.25, 0.3) is 0 Å². The molecule has 2 aromatic rings. The molecule has 0 bridgehead atoms. The molecular weight excluding hydrogens is 298 g/mol. The molecule has 0 N–H and O–H groups in total. The van der Waals surface area contributed by atoms with E-state index in [1.807, 2.05) is 55.5 Å². The summed E-state index contributed by atoms with van der Waals surface area (Å²) in [6.07, 6.45) is 1.21. The first-order valence-corrected chi connectivity index (χ1v) is 8.85. The fourth-order valence-electron chi connectivity index (χ4n) is 2.32. The molecule has 0 amide bonds. The van der Waals surface area contributed by atoms with Gasteiger partial charge in [0.2, 0.25) is 10.0 Å². The largest absolute Gasteiger partial charge is 0.496 e. The van der Waals surface area contributed by atoms with Gasteiger partial charge in [-0.1, -0.05) is 42.5 Å². The standard InChI is InChI=1S/C17H21NO3S/c1-13(18(2)22(4,19)20)14-9-11-15(12-10-14)16-7-5-6-8-17(16)21-3/h5-13H,1-4H3/t13-/m1/s1. The number of benzene rings is 2. The van der Waals surface area contributed by atoms with E-state index in [1.54, 1.807) is 14.2 Å². The van der Waals surface area contributed by atoms with Gasteiger partial charge in [0, 0.05) is 18.7 Å². The van der Waals surface area contributed by atoms with Gasteiger partial charge in [-0.25, -0.2) is 8.42 Å². The third-order valence-corrected chi connectivity index (χ3v) is 5.24. The van der Waals surface area contributed by atoms with Crippen LogP contribution in [0.1, 0.15) is 18.5 Å². The Hall–Kier alpha value is -1.85. The zero-order valence-corrected chi connectivity index (χ0v) is 14.1. The van der Waals surface area contributed by atoms with E-state index in [0.29, 0.717) is 0 Å². The van der Waals surface area contributed by atoms with Crippen LogP contribution in [0.4, 0.5) is 0 Å². The van der Waals surface area contributed by atoms with Crippen LogP contribution in [-0.4, -0.2) is 33.1 Å². The Balaban J connectivity index is 2.31. The summed E-state index contributed by atoms with van der Waals surface area (Å²) in [6.45, 7) is 1.87. The second kappa shape index (κ2) is 6.50. The van der Waals surface area contributed by atoms with Crippen molar-refractivity contribution in [3.8, 4) is 16.9 Å². The summed E-state index contributed by atoms with van der Waals surface area (Å²) >= 11 is 0. The van der Waals surface area contributed by atoms with E-state index >= 15 is 0 Å². The van der Waals surface area contributed by atoms with Gasteiger partial charge < -0.3 is 4.74 Å². The van der Waals surface area contributed by atoms with E-state index in [1.165, 1.54) is 10.6 Å². The third kappa shape index (κ3) is 3.48. The van der Waals surface area contributed by atoms with Crippen LogP contribution in [0, 0.1) is 0 Å². The monoisotopic (exact) mass is 319 g/mol. The van der Waals surface area contributed by atoms with Crippen molar-refractivity contribution in [3.63, 3.8) is 0 Å². The first-order valence-electron chi connectivity index (χ1n) is 7.01. The van der Waals surface area contributed by atoms with Crippen molar-refractivity contribution in [1.29, 1.82) is 0 Å². The quantitative estimate of drug-likeness (QED) is 0.849. The number of nitrogens with zero attached hydrogens (tertiary/aromatic N) is 1. The van der Waals surface area contributed by atoms with Crippen LogP contribution < -0.4 is 4.74 Å². The number of sulfonamides is 1. The van der Waals surface area contributed by atoms with Crippen molar-refractivity contribution in [2.75, 3.05) is 20.4 Å². The summed E-state index contributed by atoms with van der Waals surface area (Å²) in [6, 6.07) is 15.5. The average molecular weight is 319 g/mol. The predicted octanol–water partition coefficient (Wildman–Crippen LogP) is 3.31. The van der Waals surface area contributed by atoms with Gasteiger partial charge in [-0.15, -0.1) is 0 Å². The fourth-order valence-corrected chi connectivity index (χ4v) is 3.02. The van der Waals surface area contributed by atoms with E-state index < -0.39 is 10.0 Å². The minimum absolute atomic E-state index is 0.207. The molecule has 2 aromatic carbocycles. The summed E-state index contributed by atoms with van der Waals surface area (Å²) in [5, 5.41) is 0. The lowest BCUT2D eigenvalue weighted by molar-refractivity contribution is 0.402. The molecule has 0 aliphatic heterocycles. The zero-order valence-electron chi connectivity index (χ0n) is 13.3. The molecule has 2 rings (SSSR count). The maximum Gasteiger partial charge on any atom is 0.211 e. The van der Waals surface area contributed by atoms with Gasteiger partial charge in [0.05, 0.1) is 13.4 Å². The topological polar surface area (TPSA) is 46.6 Å². The number of hydrogen-bond acceptors (Lipinski definition) is 3. The van der Waals surface area contributed by atoms with Crippen LogP contribution >= 0.6 is 0 Å². The van der Waals surface area contributed by atoms with Gasteiger partial charge in [-0.2, -0.15) is 4.31 Å². The molecule has 0 fully saturated rings. The number of rotatable bonds is 5. The van der Waals surface area contributed by atoms with Crippen LogP contribution in [0.3, 0.4) is 0 Å². The number of methoxy groups -OCH3 is 1. The van der Waals surface area contributed by atoms with Crippen LogP contribution in [0.15, 0.2) is 48.5 Å². The molecule has 4 nitrogen and oxygen atoms in total. The minimum Gasteiger partial charge on any atom is -0.496 e. The second-order valence-corrected chi connectivity index (χ2v) is 7.32. The average Bonchev–Trinajstić information content (AvgIpc) is 2.52. The number of ether oxygens (including phenoxy) is 1. The van der Waals surface area contributed by atoms with Crippen molar-refractivity contribution in [2.45, 2.75) is 13.0 Å². The van der Waals surface area contributed by atoms with E-state index in [9.17, 15) is 8.42 Å². The van der Waals surface area contributed by atoms with Crippen LogP contribution in [-0.2, 0) is 10.0 Å². The van der Waals surface area contributed by atoms with Gasteiger partial charge in [0.15, 0.2) is 0 Å². The lowest BCUT2D eigenvalue weighted by Crippen LogP contribution is -2.28. The van der Waals surface area contributed by atoms with E-state index in [-0.39, 0.29) is 6.04 Å². The number of hydrogen-bond donors (Lipinski definition) is 0. The highest BCUT2D eigenvalue weighted by Crippen LogP contribution is 2.31. The van der Waals surface area contributed by atoms with Crippen molar-refractivity contribution in [1.82, 2.24) is 4.31 Å². The summed E-state index contributed by atoms with van der Waals surface area (Å²) in [7, 11) is 0.0307. The highest BCUT2D eigenvalue weighted by molar-refractivity contribution is 7.88. The lowest BCUT2D eigenvalue weighted by Gasteiger charge is -2.23. The maximum absolute atomic E-state index is 11.6. The van der Waals surface area contributed by atoms with Gasteiger partial charge in [-0.05, 0) is 24.1 Å². The van der Waals surface area contributed by atoms with Gasteiger partial charge in [0.1, 0.15) is 5.75 Å². The molecule has 118 valence electrons. The molecule has 0 heterocycles. The fraction of sp³-hybridized carbons (Fsp3) is 0.294. The highest BCUT2D eigenvalue weighted by atomic mass is 32.2. The van der Waals surface area contributed by atoms with E-state index in [2.05, 4.69) is 0 Å². The first kappa shape index (κ1) is 16.5. The second-order valence-electron chi connectivity index (χ2n) is 5.28. The Morgan fingerprint density at radius 1 is 1.05 bits per heavy atom. The summed E-state index contributed by atoms with van der Waals surface area (Å²) < 4.78 is 30.0. The Kier molecular flexibility index (Phi) is 4.88. The van der Waals surface area contributed by atoms with Gasteiger partial charge in [-0.3, -0.25) is 0 Å². The molecule has 22 heavy (non-hydrogen) atoms. The molecule has 0 aliphatic carbocycles. The van der Waals surface area contributed by atoms with E-state index in [0.717, 1.165) is 22.4 Å². The molecule has 1 atom stereocenters. The van der Waals surface area contributed by atoms with Crippen LogP contribution in [0.2, 0.25) is 0 Å². The predicted molar refractivity (Wildman–Crippen MR) is 89.5 cm³/mol. The molecule has 0 saturated carbocycles. The van der Waals surface area contributed by atoms with Crippen LogP contribution in [0.5, 0.6) is 5.75 Å². The molecule has 0 unspecified atom stereocenters. The van der Waals surface area contributed by atoms with Crippen molar-refractivity contribution >= 4 is 10.0 Å². The van der Waals surface area contributed by atoms with Crippen LogP contribution in [0.25, 0.3) is 11.1 Å². The number of para-hydroxylation sites is 1. The smallest absolute Gasteiger partial charge is 0.211 e. The van der Waals surface area contributed by atoms with E-state index in [4.69, 9.17) is 4.74 Å². The molecule has 5 heteroatoms. The first-order chi connectivity index (χ1) is 10.3. The molecule has 0 aliphatic rings. The SMILES string of the molecule is COc1ccccc1-c1ccc([C@@H](C)N(C)S(C)(=O)=O)cc1. The zero-order chi connectivity index (χ0) is 16.3. The Labute approximate surface area is 132 Å². The normalized spacial score (nSPS) is 13.1. The molecule has 0 aromatic heterocycles. The summed E-state index contributed by atoms with van der Waals surface area (Å²) in [5.74, 6) is 0.816. The Morgan fingerprint density at radius 3 is 2.18 bits per heavy atom. The van der Waals surface area contributed by atoms with Crippen molar-refractivity contribution in [3.05, 3.63) is 54.1 Å². The molecule has 0 radical (unpaired) electrons. The third-order valence-electron chi connectivity index (χ3n) is 3.88. The molecule has 0 spiro atoms. The van der Waals surface area contributed by atoms with Crippen molar-refractivity contribution < 1.29 is 13.2 Å². The summed E-state index contributed by atoms with van der Waals surface area (Å²) in [5.41, 5.74) is 3.00. The molecular formula is C17H21NO3S. The Morgan fingerprint density at radius 2 is 1.64 bits per heavy atom. The summed E-state index contributed by atoms with van der Waals surface area (Å²) in [4.78, 5) is 0. The lowest BCUT2D eigenvalue weighted by atomic mass is 10.0. The van der Waals surface area contributed by atoms with Crippen molar-refractivity contribution in [2.24, 2.45) is 0 Å². The van der Waals surface area contributed by atoms with Gasteiger partial charge >= 0.3 is 0 Å². The maximum atomic E-state index is 11.6. The molecule has 0 saturated heterocycles. The Bertz CT molecular complexity index is 739.